The lowest BCUT2D eigenvalue weighted by Crippen LogP contribution is -2.40. The molecule has 0 radical (unpaired) electrons. The third kappa shape index (κ3) is 5.51. The van der Waals surface area contributed by atoms with E-state index in [4.69, 9.17) is 23.2 Å². The number of halogens is 2. The van der Waals surface area contributed by atoms with E-state index in [9.17, 15) is 19.5 Å². The van der Waals surface area contributed by atoms with Crippen LogP contribution in [0.4, 0.5) is 0 Å². The first-order valence-electron chi connectivity index (χ1n) is 10.5. The van der Waals surface area contributed by atoms with Gasteiger partial charge in [-0.2, -0.15) is 10.2 Å². The Morgan fingerprint density at radius 3 is 2.21 bits per heavy atom. The number of benzene rings is 1. The summed E-state index contributed by atoms with van der Waals surface area (Å²) in [6.07, 6.45) is 0.553. The summed E-state index contributed by atoms with van der Waals surface area (Å²) in [5.74, 6) is -1.62. The molecule has 0 aliphatic carbocycles. The molecule has 33 heavy (non-hydrogen) atoms. The molecule has 1 saturated heterocycles. The van der Waals surface area contributed by atoms with Gasteiger partial charge in [0.15, 0.2) is 0 Å². The van der Waals surface area contributed by atoms with Crippen LogP contribution < -0.4 is 10.6 Å². The first-order chi connectivity index (χ1) is 15.3. The second-order valence-electron chi connectivity index (χ2n) is 9.15. The fourth-order valence-corrected chi connectivity index (χ4v) is 4.35. The third-order valence-corrected chi connectivity index (χ3v) is 6.30. The van der Waals surface area contributed by atoms with Crippen LogP contribution in [-0.4, -0.2) is 33.0 Å². The van der Waals surface area contributed by atoms with Crippen molar-refractivity contribution in [2.45, 2.75) is 64.0 Å². The average Bonchev–Trinajstić information content (AvgIpc) is 2.72. The molecule has 0 spiro atoms. The number of amides is 3. The molecule has 3 amide bonds. The van der Waals surface area contributed by atoms with Crippen LogP contribution in [0.1, 0.15) is 69.0 Å². The van der Waals surface area contributed by atoms with Gasteiger partial charge in [-0.15, -0.1) is 0 Å². The maximum atomic E-state index is 12.9. The zero-order valence-corrected chi connectivity index (χ0v) is 20.3. The van der Waals surface area contributed by atoms with Crippen molar-refractivity contribution in [3.63, 3.8) is 0 Å². The largest absolute Gasteiger partial charge is 0.384 e. The van der Waals surface area contributed by atoms with Crippen LogP contribution >= 0.6 is 23.2 Å². The van der Waals surface area contributed by atoms with Gasteiger partial charge in [0.2, 0.25) is 17.7 Å². The van der Waals surface area contributed by atoms with Crippen LogP contribution in [-0.2, 0) is 31.9 Å². The Morgan fingerprint density at radius 1 is 1.12 bits per heavy atom. The van der Waals surface area contributed by atoms with Gasteiger partial charge in [0.1, 0.15) is 5.60 Å². The minimum atomic E-state index is -1.13. The summed E-state index contributed by atoms with van der Waals surface area (Å²) in [7, 11) is 0. The molecule has 1 aromatic heterocycles. The summed E-state index contributed by atoms with van der Waals surface area (Å²) >= 11 is 12.8. The minimum absolute atomic E-state index is 0.159. The fourth-order valence-electron chi connectivity index (χ4n) is 3.55. The van der Waals surface area contributed by atoms with Gasteiger partial charge < -0.3 is 10.4 Å². The van der Waals surface area contributed by atoms with Crippen LogP contribution in [0.25, 0.3) is 0 Å². The second kappa shape index (κ2) is 9.37. The van der Waals surface area contributed by atoms with Crippen molar-refractivity contribution in [2.24, 2.45) is 0 Å². The van der Waals surface area contributed by atoms with Crippen molar-refractivity contribution in [3.05, 3.63) is 56.8 Å². The van der Waals surface area contributed by atoms with Crippen molar-refractivity contribution < 1.29 is 19.5 Å². The topological polar surface area (TPSA) is 121 Å². The van der Waals surface area contributed by atoms with Crippen molar-refractivity contribution in [1.29, 1.82) is 0 Å². The maximum Gasteiger partial charge on any atom is 0.234 e. The highest BCUT2D eigenvalue weighted by atomic mass is 35.5. The van der Waals surface area contributed by atoms with E-state index in [1.54, 1.807) is 52.0 Å². The number of aliphatic hydroxyl groups is 1. The lowest BCUT2D eigenvalue weighted by atomic mass is 9.87. The van der Waals surface area contributed by atoms with E-state index in [2.05, 4.69) is 20.8 Å². The summed E-state index contributed by atoms with van der Waals surface area (Å²) in [6.45, 7) is 6.82. The van der Waals surface area contributed by atoms with Gasteiger partial charge in [-0.1, -0.05) is 23.2 Å². The molecule has 2 heterocycles. The van der Waals surface area contributed by atoms with Gasteiger partial charge in [-0.05, 0) is 63.9 Å². The van der Waals surface area contributed by atoms with Crippen LogP contribution in [0, 0.1) is 0 Å². The smallest absolute Gasteiger partial charge is 0.234 e. The number of rotatable bonds is 6. The molecular formula is C23H26Cl2N4O4. The molecule has 1 aliphatic rings. The Hall–Kier alpha value is -2.55. The van der Waals surface area contributed by atoms with Crippen LogP contribution in [0.3, 0.4) is 0 Å². The average molecular weight is 493 g/mol. The van der Waals surface area contributed by atoms with Crippen molar-refractivity contribution in [2.75, 3.05) is 0 Å². The lowest BCUT2D eigenvalue weighted by molar-refractivity contribution is -0.134. The lowest BCUT2D eigenvalue weighted by Gasteiger charge is -2.25. The molecule has 10 heteroatoms. The quantitative estimate of drug-likeness (QED) is 0.532. The van der Waals surface area contributed by atoms with Gasteiger partial charge in [0.05, 0.1) is 22.7 Å². The Kier molecular flexibility index (Phi) is 7.12. The zero-order chi connectivity index (χ0) is 24.6. The van der Waals surface area contributed by atoms with Crippen molar-refractivity contribution in [3.8, 4) is 0 Å². The van der Waals surface area contributed by atoms with Crippen LogP contribution in [0.2, 0.25) is 10.0 Å². The van der Waals surface area contributed by atoms with E-state index in [1.165, 1.54) is 0 Å². The first kappa shape index (κ1) is 25.1. The number of nitrogens with one attached hydrogen (secondary N) is 2. The predicted octanol–water partition coefficient (Wildman–Crippen LogP) is 3.13. The summed E-state index contributed by atoms with van der Waals surface area (Å²) < 4.78 is 0. The van der Waals surface area contributed by atoms with Crippen LogP contribution in [0.15, 0.2) is 24.3 Å². The SMILES string of the molecule is CC(C)(O)c1ccc(C(C)(C)C(=O)NCc2cc(Cl)c(C3CCC(=O)NC3=O)c(Cl)c2)nn1. The van der Waals surface area contributed by atoms with Crippen molar-refractivity contribution in [1.82, 2.24) is 20.8 Å². The van der Waals surface area contributed by atoms with E-state index in [0.717, 1.165) is 0 Å². The number of nitrogens with zero attached hydrogens (tertiary/aromatic N) is 2. The highest BCUT2D eigenvalue weighted by molar-refractivity contribution is 6.36. The molecule has 176 valence electrons. The van der Waals surface area contributed by atoms with Gasteiger partial charge >= 0.3 is 0 Å². The van der Waals surface area contributed by atoms with E-state index in [1.807, 2.05) is 0 Å². The van der Waals surface area contributed by atoms with Crippen LogP contribution in [0.5, 0.6) is 0 Å². The standard InChI is InChI=1S/C23H26Cl2N4O4/c1-22(2,16-6-7-17(29-28-16)23(3,4)33)21(32)26-11-12-9-14(24)19(15(25)10-12)13-5-8-18(30)27-20(13)31/h6-7,9-10,13,33H,5,8,11H2,1-4H3,(H,26,32)(H,27,30,31). The molecule has 3 rings (SSSR count). The third-order valence-electron chi connectivity index (χ3n) is 5.68. The number of piperidine rings is 1. The van der Waals surface area contributed by atoms with Gasteiger partial charge in [-0.3, -0.25) is 19.7 Å². The normalized spacial score (nSPS) is 17.0. The van der Waals surface area contributed by atoms with Gasteiger partial charge in [-0.25, -0.2) is 0 Å². The van der Waals surface area contributed by atoms with E-state index < -0.39 is 22.8 Å². The van der Waals surface area contributed by atoms with E-state index >= 15 is 0 Å². The number of hydrogen-bond acceptors (Lipinski definition) is 6. The summed E-state index contributed by atoms with van der Waals surface area (Å²) in [5.41, 5.74) is -0.114. The zero-order valence-electron chi connectivity index (χ0n) is 18.8. The number of imide groups is 1. The molecule has 8 nitrogen and oxygen atoms in total. The number of carbonyl (C=O) groups is 3. The molecule has 1 aromatic carbocycles. The fraction of sp³-hybridized carbons (Fsp3) is 0.435. The molecular weight excluding hydrogens is 467 g/mol. The first-order valence-corrected chi connectivity index (χ1v) is 11.2. The maximum absolute atomic E-state index is 12.9. The Bertz CT molecular complexity index is 1070. The summed E-state index contributed by atoms with van der Waals surface area (Å²) in [4.78, 5) is 36.5. The molecule has 1 unspecified atom stereocenters. The Balaban J connectivity index is 1.72. The summed E-state index contributed by atoms with van der Waals surface area (Å²) in [6, 6.07) is 6.61. The highest BCUT2D eigenvalue weighted by Gasteiger charge is 2.33. The molecule has 1 atom stereocenters. The molecule has 1 fully saturated rings. The number of aromatic nitrogens is 2. The molecule has 0 saturated carbocycles. The predicted molar refractivity (Wildman–Crippen MR) is 124 cm³/mol. The molecule has 0 bridgehead atoms. The number of carbonyl (C=O) groups excluding carboxylic acids is 3. The monoisotopic (exact) mass is 492 g/mol. The number of hydrogen-bond donors (Lipinski definition) is 3. The van der Waals surface area contributed by atoms with E-state index in [0.29, 0.717) is 39.0 Å². The van der Waals surface area contributed by atoms with Gasteiger partial charge in [0, 0.05) is 28.6 Å². The van der Waals surface area contributed by atoms with E-state index in [-0.39, 0.29) is 24.8 Å². The van der Waals surface area contributed by atoms with Gasteiger partial charge in [0.25, 0.3) is 0 Å². The minimum Gasteiger partial charge on any atom is -0.384 e. The molecule has 1 aliphatic heterocycles. The van der Waals surface area contributed by atoms with Crippen molar-refractivity contribution >= 4 is 40.9 Å². The summed E-state index contributed by atoms with van der Waals surface area (Å²) in [5, 5.41) is 24.0. The second-order valence-corrected chi connectivity index (χ2v) is 9.96. The molecule has 3 N–H and O–H groups in total. The molecule has 2 aromatic rings. The highest BCUT2D eigenvalue weighted by Crippen LogP contribution is 2.37. The Morgan fingerprint density at radius 2 is 1.70 bits per heavy atom. The Labute approximate surface area is 202 Å².